The molecule has 2 N–H and O–H groups in total. The Bertz CT molecular complexity index is 661. The lowest BCUT2D eigenvalue weighted by molar-refractivity contribution is -0.131. The van der Waals surface area contributed by atoms with Gasteiger partial charge in [0.15, 0.2) is 5.96 Å². The van der Waals surface area contributed by atoms with Crippen molar-refractivity contribution < 1.29 is 4.79 Å². The molecule has 0 bridgehead atoms. The minimum atomic E-state index is 0. The molecule has 0 saturated carbocycles. The third-order valence-corrected chi connectivity index (χ3v) is 5.88. The normalized spacial score (nSPS) is 17.8. The van der Waals surface area contributed by atoms with Crippen molar-refractivity contribution in [2.75, 3.05) is 26.7 Å². The first-order chi connectivity index (χ1) is 13.6. The maximum absolute atomic E-state index is 12.5. The fourth-order valence-corrected chi connectivity index (χ4v) is 4.06. The number of nitrogens with zero attached hydrogens (tertiary/aromatic N) is 3. The van der Waals surface area contributed by atoms with E-state index < -0.39 is 0 Å². The zero-order valence-electron chi connectivity index (χ0n) is 18.0. The number of hydrogen-bond donors (Lipinski definition) is 2. The van der Waals surface area contributed by atoms with Crippen molar-refractivity contribution in [1.82, 2.24) is 20.4 Å². The Hall–Kier alpha value is -1.35. The Labute approximate surface area is 192 Å². The lowest BCUT2D eigenvalue weighted by Crippen LogP contribution is -2.50. The first-order valence-corrected chi connectivity index (χ1v) is 10.6. The van der Waals surface area contributed by atoms with E-state index in [1.54, 1.807) is 0 Å². The third kappa shape index (κ3) is 6.84. The predicted molar refractivity (Wildman–Crippen MR) is 130 cm³/mol. The standard InChI is InChI=1S/C22H35N5O.HI/c1-17(2)26-13-10-20(11-14-26)25-22(23-3)24-12-6-9-21(28)27-15-18-7-4-5-8-19(18)16-27;/h4-5,7-8,17,20H,6,9-16H2,1-3H3,(H2,23,24,25);1H. The molecule has 2 heterocycles. The van der Waals surface area contributed by atoms with Gasteiger partial charge in [-0.05, 0) is 44.2 Å². The smallest absolute Gasteiger partial charge is 0.223 e. The Morgan fingerprint density at radius 2 is 1.79 bits per heavy atom. The molecule has 2 aliphatic rings. The first-order valence-electron chi connectivity index (χ1n) is 10.6. The number of guanidine groups is 1. The van der Waals surface area contributed by atoms with E-state index in [9.17, 15) is 4.79 Å². The molecule has 7 heteroatoms. The van der Waals surface area contributed by atoms with Gasteiger partial charge in [-0.3, -0.25) is 9.79 Å². The van der Waals surface area contributed by atoms with Crippen molar-refractivity contribution in [2.24, 2.45) is 4.99 Å². The SMILES string of the molecule is CN=C(NCCCC(=O)N1Cc2ccccc2C1)NC1CCN(C(C)C)CC1.I. The minimum absolute atomic E-state index is 0. The largest absolute Gasteiger partial charge is 0.356 e. The third-order valence-electron chi connectivity index (χ3n) is 5.88. The average molecular weight is 513 g/mol. The van der Waals surface area contributed by atoms with Crippen LogP contribution in [-0.2, 0) is 17.9 Å². The fraction of sp³-hybridized carbons (Fsp3) is 0.636. The number of hydrogen-bond acceptors (Lipinski definition) is 3. The van der Waals surface area contributed by atoms with E-state index in [4.69, 9.17) is 0 Å². The Morgan fingerprint density at radius 1 is 1.17 bits per heavy atom. The van der Waals surface area contributed by atoms with Crippen LogP contribution in [-0.4, -0.2) is 60.4 Å². The molecule has 1 amide bonds. The van der Waals surface area contributed by atoms with Crippen LogP contribution in [0.15, 0.2) is 29.3 Å². The number of nitrogens with one attached hydrogen (secondary N) is 2. The average Bonchev–Trinajstić information content (AvgIpc) is 3.15. The molecule has 162 valence electrons. The van der Waals surface area contributed by atoms with Crippen LogP contribution in [0.25, 0.3) is 0 Å². The molecule has 29 heavy (non-hydrogen) atoms. The van der Waals surface area contributed by atoms with Crippen LogP contribution in [0.5, 0.6) is 0 Å². The van der Waals surface area contributed by atoms with Crippen molar-refractivity contribution >= 4 is 35.8 Å². The van der Waals surface area contributed by atoms with E-state index in [0.29, 0.717) is 18.5 Å². The molecule has 1 aromatic rings. The summed E-state index contributed by atoms with van der Waals surface area (Å²) in [5.74, 6) is 1.09. The van der Waals surface area contributed by atoms with Crippen LogP contribution >= 0.6 is 24.0 Å². The lowest BCUT2D eigenvalue weighted by atomic mass is 10.0. The van der Waals surface area contributed by atoms with Crippen LogP contribution < -0.4 is 10.6 Å². The molecular formula is C22H36IN5O. The molecule has 0 radical (unpaired) electrons. The van der Waals surface area contributed by atoms with E-state index in [1.807, 2.05) is 24.1 Å². The van der Waals surface area contributed by atoms with Gasteiger partial charge in [0.1, 0.15) is 0 Å². The van der Waals surface area contributed by atoms with Crippen molar-refractivity contribution in [3.8, 4) is 0 Å². The molecule has 0 aliphatic carbocycles. The van der Waals surface area contributed by atoms with E-state index in [1.165, 1.54) is 11.1 Å². The lowest BCUT2D eigenvalue weighted by Gasteiger charge is -2.35. The minimum Gasteiger partial charge on any atom is -0.356 e. The number of carbonyl (C=O) groups is 1. The summed E-state index contributed by atoms with van der Waals surface area (Å²) in [6, 6.07) is 9.42. The quantitative estimate of drug-likeness (QED) is 0.266. The number of amides is 1. The number of piperidine rings is 1. The Morgan fingerprint density at radius 3 is 2.34 bits per heavy atom. The summed E-state index contributed by atoms with van der Waals surface area (Å²) in [5, 5.41) is 6.91. The van der Waals surface area contributed by atoms with Gasteiger partial charge >= 0.3 is 0 Å². The topological polar surface area (TPSA) is 60.0 Å². The Kier molecular flexibility index (Phi) is 9.68. The molecule has 1 fully saturated rings. The number of fused-ring (bicyclic) bond motifs is 1. The summed E-state index contributed by atoms with van der Waals surface area (Å²) in [5.41, 5.74) is 2.56. The van der Waals surface area contributed by atoms with Gasteiger partial charge < -0.3 is 20.4 Å². The van der Waals surface area contributed by atoms with Gasteiger partial charge in [-0.15, -0.1) is 24.0 Å². The van der Waals surface area contributed by atoms with Gasteiger partial charge in [-0.2, -0.15) is 0 Å². The maximum Gasteiger partial charge on any atom is 0.223 e. The summed E-state index contributed by atoms with van der Waals surface area (Å²) in [7, 11) is 1.81. The summed E-state index contributed by atoms with van der Waals surface area (Å²) >= 11 is 0. The molecule has 0 spiro atoms. The predicted octanol–water partition coefficient (Wildman–Crippen LogP) is 2.96. The second-order valence-corrected chi connectivity index (χ2v) is 8.17. The number of halogens is 1. The van der Waals surface area contributed by atoms with Crippen LogP contribution in [0.2, 0.25) is 0 Å². The monoisotopic (exact) mass is 513 g/mol. The number of aliphatic imine (C=N–C) groups is 1. The molecule has 0 aromatic heterocycles. The molecule has 0 unspecified atom stereocenters. The summed E-state index contributed by atoms with van der Waals surface area (Å²) in [4.78, 5) is 21.3. The van der Waals surface area contributed by atoms with E-state index in [0.717, 1.165) is 57.9 Å². The highest BCUT2D eigenvalue weighted by Crippen LogP contribution is 2.22. The molecule has 3 rings (SSSR count). The van der Waals surface area contributed by atoms with E-state index in [-0.39, 0.29) is 29.9 Å². The number of carbonyl (C=O) groups excluding carboxylic acids is 1. The molecule has 0 atom stereocenters. The van der Waals surface area contributed by atoms with E-state index in [2.05, 4.69) is 46.5 Å². The van der Waals surface area contributed by atoms with E-state index >= 15 is 0 Å². The highest BCUT2D eigenvalue weighted by molar-refractivity contribution is 14.0. The second kappa shape index (κ2) is 11.7. The van der Waals surface area contributed by atoms with Gasteiger partial charge in [0.2, 0.25) is 5.91 Å². The maximum atomic E-state index is 12.5. The van der Waals surface area contributed by atoms with Gasteiger partial charge in [-0.1, -0.05) is 24.3 Å². The first kappa shape index (κ1) is 23.9. The summed E-state index contributed by atoms with van der Waals surface area (Å²) < 4.78 is 0. The number of benzene rings is 1. The Balaban J connectivity index is 0.00000300. The van der Waals surface area contributed by atoms with Crippen LogP contribution in [0.1, 0.15) is 50.7 Å². The summed E-state index contributed by atoms with van der Waals surface area (Å²) in [6.45, 7) is 9.06. The zero-order valence-corrected chi connectivity index (χ0v) is 20.3. The van der Waals surface area contributed by atoms with Gasteiger partial charge in [0.05, 0.1) is 0 Å². The number of likely N-dealkylation sites (tertiary alicyclic amines) is 1. The van der Waals surface area contributed by atoms with Crippen LogP contribution in [0.3, 0.4) is 0 Å². The highest BCUT2D eigenvalue weighted by atomic mass is 127. The molecule has 2 aliphatic heterocycles. The molecule has 6 nitrogen and oxygen atoms in total. The van der Waals surface area contributed by atoms with Crippen molar-refractivity contribution in [1.29, 1.82) is 0 Å². The molecular weight excluding hydrogens is 477 g/mol. The number of rotatable bonds is 6. The van der Waals surface area contributed by atoms with Gasteiger partial charge in [-0.25, -0.2) is 0 Å². The second-order valence-electron chi connectivity index (χ2n) is 8.17. The molecule has 1 saturated heterocycles. The van der Waals surface area contributed by atoms with Crippen LogP contribution in [0.4, 0.5) is 0 Å². The van der Waals surface area contributed by atoms with Gasteiger partial charge in [0, 0.05) is 58.3 Å². The van der Waals surface area contributed by atoms with Crippen molar-refractivity contribution in [2.45, 2.75) is 64.7 Å². The van der Waals surface area contributed by atoms with Crippen molar-refractivity contribution in [3.05, 3.63) is 35.4 Å². The zero-order chi connectivity index (χ0) is 19.9. The van der Waals surface area contributed by atoms with Crippen LogP contribution in [0, 0.1) is 0 Å². The van der Waals surface area contributed by atoms with Gasteiger partial charge in [0.25, 0.3) is 0 Å². The summed E-state index contributed by atoms with van der Waals surface area (Å²) in [6.07, 6.45) is 3.68. The van der Waals surface area contributed by atoms with Crippen molar-refractivity contribution in [3.63, 3.8) is 0 Å². The fourth-order valence-electron chi connectivity index (χ4n) is 4.06. The highest BCUT2D eigenvalue weighted by Gasteiger charge is 2.23. The molecule has 1 aromatic carbocycles.